The number of hydrogen-bond donors (Lipinski definition) is 1. The van der Waals surface area contributed by atoms with Crippen molar-refractivity contribution < 1.29 is 4.79 Å². The molecule has 0 spiro atoms. The molecule has 1 N–H and O–H groups in total. The smallest absolute Gasteiger partial charge is 0.201 e. The van der Waals surface area contributed by atoms with Crippen molar-refractivity contribution >= 4 is 13.7 Å². The summed E-state index contributed by atoms with van der Waals surface area (Å²) in [4.78, 5) is 10.2. The van der Waals surface area contributed by atoms with E-state index >= 15 is 0 Å². The molecule has 0 atom stereocenters. The lowest BCUT2D eigenvalue weighted by Gasteiger charge is -1.99. The molecule has 0 aromatic rings. The summed E-state index contributed by atoms with van der Waals surface area (Å²) in [5.74, 6) is -0.567. The third-order valence-corrected chi connectivity index (χ3v) is 0.798. The molecule has 0 aromatic heterocycles. The van der Waals surface area contributed by atoms with Gasteiger partial charge < -0.3 is 5.32 Å². The van der Waals surface area contributed by atoms with Crippen LogP contribution >= 0.6 is 0 Å². The number of amides is 1. The molecule has 2 radical (unpaired) electrons. The number of hydrogen-bond acceptors (Lipinski definition) is 1. The zero-order chi connectivity index (χ0) is 7.28. The molecule has 9 heavy (non-hydrogen) atoms. The van der Waals surface area contributed by atoms with E-state index in [1.807, 2.05) is 0 Å². The van der Waals surface area contributed by atoms with Crippen LogP contribution in [-0.4, -0.2) is 13.7 Å². The first kappa shape index (κ1) is 8.01. The van der Waals surface area contributed by atoms with Crippen molar-refractivity contribution in [3.8, 4) is 0 Å². The van der Waals surface area contributed by atoms with E-state index in [1.54, 1.807) is 13.0 Å². The van der Waals surface area contributed by atoms with Gasteiger partial charge in [0.05, 0.1) is 0 Å². The molecule has 0 unspecified atom stereocenters. The van der Waals surface area contributed by atoms with Gasteiger partial charge in [-0.15, -0.1) is 0 Å². The third kappa shape index (κ3) is 3.59. The van der Waals surface area contributed by atoms with E-state index in [0.717, 1.165) is 0 Å². The lowest BCUT2D eigenvalue weighted by molar-refractivity contribution is 0.262. The van der Waals surface area contributed by atoms with Crippen LogP contribution < -0.4 is 5.32 Å². The van der Waals surface area contributed by atoms with Gasteiger partial charge in [-0.3, -0.25) is 4.79 Å². The average molecular weight is 121 g/mol. The molecule has 0 rings (SSSR count). The van der Waals surface area contributed by atoms with Gasteiger partial charge in [0.25, 0.3) is 0 Å². The van der Waals surface area contributed by atoms with Crippen LogP contribution in [0.2, 0.25) is 0 Å². The van der Waals surface area contributed by atoms with Crippen LogP contribution in [0, 0.1) is 0 Å². The normalized spacial score (nSPS) is 10.6. The number of allylic oxidation sites excluding steroid dienone is 2. The largest absolute Gasteiger partial charge is 0.336 e. The second-order valence-corrected chi connectivity index (χ2v) is 1.44. The van der Waals surface area contributed by atoms with Gasteiger partial charge in [-0.05, 0) is 13.0 Å². The van der Waals surface area contributed by atoms with Crippen LogP contribution in [0.15, 0.2) is 24.4 Å². The average Bonchev–Trinajstić information content (AvgIpc) is 1.82. The topological polar surface area (TPSA) is 29.1 Å². The van der Waals surface area contributed by atoms with Crippen molar-refractivity contribution in [3.05, 3.63) is 24.4 Å². The lowest BCUT2D eigenvalue weighted by Crippen LogP contribution is -2.19. The van der Waals surface area contributed by atoms with E-state index in [4.69, 9.17) is 7.85 Å². The fraction of sp³-hybridized carbons (Fsp3) is 0.167. The van der Waals surface area contributed by atoms with Gasteiger partial charge in [0.1, 0.15) is 0 Å². The maximum absolute atomic E-state index is 10.2. The Morgan fingerprint density at radius 1 is 1.78 bits per heavy atom. The number of carbonyl (C=O) groups excluding carboxylic acids is 1. The predicted octanol–water partition coefficient (Wildman–Crippen LogP) is 0.954. The Kier molecular flexibility index (Phi) is 3.52. The molecule has 46 valence electrons. The molecule has 0 aliphatic carbocycles. The monoisotopic (exact) mass is 121 g/mol. The van der Waals surface area contributed by atoms with Crippen molar-refractivity contribution in [1.82, 2.24) is 5.32 Å². The van der Waals surface area contributed by atoms with Crippen LogP contribution in [-0.2, 0) is 0 Å². The number of nitrogens with one attached hydrogen (secondary N) is 1. The van der Waals surface area contributed by atoms with Gasteiger partial charge in [0.2, 0.25) is 7.85 Å². The van der Waals surface area contributed by atoms with Gasteiger partial charge >= 0.3 is 0 Å². The summed E-state index contributed by atoms with van der Waals surface area (Å²) in [6, 6.07) is 0. The molecule has 3 heteroatoms. The maximum atomic E-state index is 10.2. The maximum Gasteiger partial charge on any atom is 0.201 e. The second kappa shape index (κ2) is 3.95. The van der Waals surface area contributed by atoms with Crippen molar-refractivity contribution in [1.29, 1.82) is 0 Å². The van der Waals surface area contributed by atoms with Gasteiger partial charge in [-0.1, -0.05) is 12.7 Å². The van der Waals surface area contributed by atoms with Crippen LogP contribution in [0.4, 0.5) is 4.79 Å². The Bertz CT molecular complexity index is 151. The van der Waals surface area contributed by atoms with E-state index in [0.29, 0.717) is 5.70 Å². The molecule has 0 aliphatic heterocycles. The molecule has 0 fully saturated rings. The predicted molar refractivity (Wildman–Crippen MR) is 38.2 cm³/mol. The first-order valence-electron chi connectivity index (χ1n) is 2.56. The molecular formula is C6H8BNO. The van der Waals surface area contributed by atoms with Crippen molar-refractivity contribution in [2.45, 2.75) is 6.92 Å². The number of carbonyl (C=O) groups is 1. The summed E-state index contributed by atoms with van der Waals surface area (Å²) in [6.07, 6.45) is 3.22. The summed E-state index contributed by atoms with van der Waals surface area (Å²) < 4.78 is 0. The second-order valence-electron chi connectivity index (χ2n) is 1.44. The minimum Gasteiger partial charge on any atom is -0.336 e. The molecule has 0 aliphatic rings. The van der Waals surface area contributed by atoms with E-state index < -0.39 is 5.81 Å². The van der Waals surface area contributed by atoms with Crippen LogP contribution in [0.3, 0.4) is 0 Å². The van der Waals surface area contributed by atoms with Crippen molar-refractivity contribution in [2.24, 2.45) is 0 Å². The molecule has 0 heterocycles. The zero-order valence-electron chi connectivity index (χ0n) is 5.35. The highest BCUT2D eigenvalue weighted by Gasteiger charge is 1.89. The highest BCUT2D eigenvalue weighted by molar-refractivity contribution is 6.57. The van der Waals surface area contributed by atoms with E-state index in [9.17, 15) is 4.79 Å². The van der Waals surface area contributed by atoms with Crippen molar-refractivity contribution in [3.63, 3.8) is 0 Å². The summed E-state index contributed by atoms with van der Waals surface area (Å²) in [5, 5.41) is 2.36. The number of rotatable bonds is 2. The molecule has 2 nitrogen and oxygen atoms in total. The molecule has 0 saturated heterocycles. The Morgan fingerprint density at radius 3 is 2.44 bits per heavy atom. The minimum atomic E-state index is -0.567. The Morgan fingerprint density at radius 2 is 2.33 bits per heavy atom. The third-order valence-electron chi connectivity index (χ3n) is 0.798. The van der Waals surface area contributed by atoms with E-state index in [1.165, 1.54) is 6.08 Å². The Labute approximate surface area is 56.0 Å². The highest BCUT2D eigenvalue weighted by atomic mass is 16.1. The first-order chi connectivity index (χ1) is 4.20. The standard InChI is InChI=1S/C6H8BNO/c1-3-5(4-2)8-6(7)9/h3-4H,1H2,2H3,(H,8,9)/b5-4+. The van der Waals surface area contributed by atoms with Gasteiger partial charge in [-0.2, -0.15) is 0 Å². The fourth-order valence-corrected chi connectivity index (χ4v) is 0.383. The van der Waals surface area contributed by atoms with Gasteiger partial charge in [-0.25, -0.2) is 0 Å². The lowest BCUT2D eigenvalue weighted by atomic mass is 10.1. The Hall–Kier alpha value is -0.985. The minimum absolute atomic E-state index is 0.567. The SMILES string of the molecule is [B]C(=O)N/C(C=C)=C/C. The van der Waals surface area contributed by atoms with Gasteiger partial charge in [0.15, 0.2) is 5.81 Å². The van der Waals surface area contributed by atoms with Crippen LogP contribution in [0.25, 0.3) is 0 Å². The quantitative estimate of drug-likeness (QED) is 0.427. The summed E-state index contributed by atoms with van der Waals surface area (Å²) >= 11 is 0. The zero-order valence-corrected chi connectivity index (χ0v) is 5.35. The molecule has 0 saturated carbocycles. The summed E-state index contributed by atoms with van der Waals surface area (Å²) in [7, 11) is 4.81. The molecule has 0 aromatic carbocycles. The van der Waals surface area contributed by atoms with Crippen LogP contribution in [0.5, 0.6) is 0 Å². The first-order valence-corrected chi connectivity index (χ1v) is 2.56. The fourth-order valence-electron chi connectivity index (χ4n) is 0.383. The molecule has 0 bridgehead atoms. The molecular weight excluding hydrogens is 113 g/mol. The van der Waals surface area contributed by atoms with E-state index in [2.05, 4.69) is 11.9 Å². The van der Waals surface area contributed by atoms with Crippen molar-refractivity contribution in [2.75, 3.05) is 0 Å². The summed E-state index contributed by atoms with van der Waals surface area (Å²) in [5.41, 5.74) is 0.627. The van der Waals surface area contributed by atoms with Crippen LogP contribution in [0.1, 0.15) is 6.92 Å². The Balaban J connectivity index is 3.86. The van der Waals surface area contributed by atoms with E-state index in [-0.39, 0.29) is 0 Å². The van der Waals surface area contributed by atoms with Gasteiger partial charge in [0, 0.05) is 5.70 Å². The highest BCUT2D eigenvalue weighted by Crippen LogP contribution is 1.86. The summed E-state index contributed by atoms with van der Waals surface area (Å²) in [6.45, 7) is 5.23. The molecule has 1 amide bonds.